The molecular formula is C13H9ClN2O. The molecule has 0 spiro atoms. The van der Waals surface area contributed by atoms with E-state index in [4.69, 9.17) is 11.6 Å². The van der Waals surface area contributed by atoms with Crippen LogP contribution in [0.4, 0.5) is 0 Å². The Morgan fingerprint density at radius 2 is 1.76 bits per heavy atom. The number of nitrogens with zero attached hydrogens (tertiary/aromatic N) is 1. The molecule has 17 heavy (non-hydrogen) atoms. The van der Waals surface area contributed by atoms with Crippen LogP contribution in [0.15, 0.2) is 53.3 Å². The molecule has 0 unspecified atom stereocenters. The van der Waals surface area contributed by atoms with Gasteiger partial charge in [0.1, 0.15) is 0 Å². The van der Waals surface area contributed by atoms with Gasteiger partial charge >= 0.3 is 0 Å². The predicted octanol–water partition coefficient (Wildman–Crippen LogP) is 2.97. The fraction of sp³-hybridized carbons (Fsp3) is 0. The van der Waals surface area contributed by atoms with Crippen LogP contribution in [0.2, 0.25) is 5.02 Å². The van der Waals surface area contributed by atoms with Gasteiger partial charge in [-0.25, -0.2) is 4.68 Å². The number of rotatable bonds is 1. The van der Waals surface area contributed by atoms with Gasteiger partial charge in [0.15, 0.2) is 0 Å². The topological polar surface area (TPSA) is 37.8 Å². The molecule has 1 N–H and O–H groups in total. The van der Waals surface area contributed by atoms with Crippen LogP contribution in [0, 0.1) is 0 Å². The molecule has 0 saturated carbocycles. The quantitative estimate of drug-likeness (QED) is 0.702. The number of aromatic amines is 1. The summed E-state index contributed by atoms with van der Waals surface area (Å²) in [5, 5.41) is 4.04. The van der Waals surface area contributed by atoms with Gasteiger partial charge in [0.05, 0.1) is 21.6 Å². The van der Waals surface area contributed by atoms with E-state index in [9.17, 15) is 4.79 Å². The molecule has 0 bridgehead atoms. The minimum absolute atomic E-state index is 0.128. The summed E-state index contributed by atoms with van der Waals surface area (Å²) < 4.78 is 1.50. The maximum Gasteiger partial charge on any atom is 0.280 e. The van der Waals surface area contributed by atoms with Crippen molar-refractivity contribution >= 4 is 22.5 Å². The molecule has 3 nitrogen and oxygen atoms in total. The zero-order valence-corrected chi connectivity index (χ0v) is 9.61. The number of hydrogen-bond donors (Lipinski definition) is 1. The number of halogens is 1. The van der Waals surface area contributed by atoms with Gasteiger partial charge in [-0.2, -0.15) is 0 Å². The molecule has 2 aromatic carbocycles. The molecule has 0 atom stereocenters. The van der Waals surface area contributed by atoms with Crippen LogP contribution in [0.25, 0.3) is 16.6 Å². The van der Waals surface area contributed by atoms with Gasteiger partial charge < -0.3 is 0 Å². The molecule has 0 aliphatic carbocycles. The summed E-state index contributed by atoms with van der Waals surface area (Å²) in [6.45, 7) is 0. The number of benzene rings is 2. The smallest absolute Gasteiger partial charge is 0.280 e. The lowest BCUT2D eigenvalue weighted by Gasteiger charge is -1.98. The van der Waals surface area contributed by atoms with Gasteiger partial charge in [0, 0.05) is 0 Å². The molecule has 0 saturated heterocycles. The van der Waals surface area contributed by atoms with Crippen molar-refractivity contribution in [2.24, 2.45) is 0 Å². The third-order valence-corrected chi connectivity index (χ3v) is 2.99. The van der Waals surface area contributed by atoms with Crippen molar-refractivity contribution in [1.82, 2.24) is 9.78 Å². The lowest BCUT2D eigenvalue weighted by atomic mass is 10.2. The molecule has 0 radical (unpaired) electrons. The van der Waals surface area contributed by atoms with E-state index in [-0.39, 0.29) is 5.56 Å². The Balaban J connectivity index is 2.37. The van der Waals surface area contributed by atoms with E-state index in [0.29, 0.717) is 10.4 Å². The fourth-order valence-corrected chi connectivity index (χ4v) is 2.13. The van der Waals surface area contributed by atoms with E-state index in [1.807, 2.05) is 42.5 Å². The lowest BCUT2D eigenvalue weighted by molar-refractivity contribution is 0.864. The maximum atomic E-state index is 12.2. The normalized spacial score (nSPS) is 10.9. The summed E-state index contributed by atoms with van der Waals surface area (Å²) in [4.78, 5) is 12.2. The maximum absolute atomic E-state index is 12.2. The van der Waals surface area contributed by atoms with Crippen LogP contribution in [-0.4, -0.2) is 9.78 Å². The minimum Gasteiger partial charge on any atom is -0.290 e. The van der Waals surface area contributed by atoms with Gasteiger partial charge in [0.2, 0.25) is 0 Å². The van der Waals surface area contributed by atoms with Gasteiger partial charge in [-0.15, -0.1) is 0 Å². The Morgan fingerprint density at radius 1 is 1.00 bits per heavy atom. The number of fused-ring (bicyclic) bond motifs is 1. The summed E-state index contributed by atoms with van der Waals surface area (Å²) in [6, 6.07) is 14.8. The first-order chi connectivity index (χ1) is 8.27. The van der Waals surface area contributed by atoms with Crippen LogP contribution in [0.3, 0.4) is 0 Å². The molecule has 4 heteroatoms. The van der Waals surface area contributed by atoms with Gasteiger partial charge in [-0.1, -0.05) is 35.9 Å². The van der Waals surface area contributed by atoms with E-state index >= 15 is 0 Å². The van der Waals surface area contributed by atoms with E-state index in [1.165, 1.54) is 4.68 Å². The summed E-state index contributed by atoms with van der Waals surface area (Å²) in [7, 11) is 0. The van der Waals surface area contributed by atoms with Gasteiger partial charge in [-0.05, 0) is 24.3 Å². The molecule has 0 aliphatic heterocycles. The molecule has 0 amide bonds. The standard InChI is InChI=1S/C13H9ClN2O/c14-10-7-4-8-11-12(10)13(17)16(15-11)9-5-2-1-3-6-9/h1-8,15H. The third-order valence-electron chi connectivity index (χ3n) is 2.68. The second kappa shape index (κ2) is 3.79. The number of H-pyrrole nitrogens is 1. The SMILES string of the molecule is O=c1c2c(Cl)cccc2[nH]n1-c1ccccc1. The Kier molecular flexibility index (Phi) is 2.27. The Labute approximate surface area is 102 Å². The van der Waals surface area contributed by atoms with Crippen LogP contribution in [-0.2, 0) is 0 Å². The highest BCUT2D eigenvalue weighted by atomic mass is 35.5. The van der Waals surface area contributed by atoms with Crippen molar-refractivity contribution in [3.63, 3.8) is 0 Å². The fourth-order valence-electron chi connectivity index (χ4n) is 1.88. The van der Waals surface area contributed by atoms with Gasteiger partial charge in [-0.3, -0.25) is 9.89 Å². The highest BCUT2D eigenvalue weighted by Crippen LogP contribution is 2.19. The molecule has 84 valence electrons. The number of para-hydroxylation sites is 1. The first-order valence-electron chi connectivity index (χ1n) is 5.22. The van der Waals surface area contributed by atoms with E-state index in [0.717, 1.165) is 11.2 Å². The lowest BCUT2D eigenvalue weighted by Crippen LogP contribution is -2.14. The van der Waals surface area contributed by atoms with E-state index < -0.39 is 0 Å². The molecule has 3 aromatic rings. The van der Waals surface area contributed by atoms with Crippen molar-refractivity contribution in [3.05, 3.63) is 63.9 Å². The highest BCUT2D eigenvalue weighted by molar-refractivity contribution is 6.35. The number of aromatic nitrogens is 2. The monoisotopic (exact) mass is 244 g/mol. The zero-order chi connectivity index (χ0) is 11.8. The van der Waals surface area contributed by atoms with E-state index in [1.54, 1.807) is 6.07 Å². The first-order valence-corrected chi connectivity index (χ1v) is 5.60. The number of hydrogen-bond acceptors (Lipinski definition) is 1. The summed E-state index contributed by atoms with van der Waals surface area (Å²) in [5.74, 6) is 0. The minimum atomic E-state index is -0.128. The zero-order valence-electron chi connectivity index (χ0n) is 8.85. The highest BCUT2D eigenvalue weighted by Gasteiger charge is 2.10. The largest absolute Gasteiger partial charge is 0.290 e. The van der Waals surface area contributed by atoms with Crippen LogP contribution >= 0.6 is 11.6 Å². The van der Waals surface area contributed by atoms with Crippen molar-refractivity contribution in [3.8, 4) is 5.69 Å². The molecule has 0 fully saturated rings. The molecule has 1 heterocycles. The average molecular weight is 245 g/mol. The number of nitrogens with one attached hydrogen (secondary N) is 1. The second-order valence-corrected chi connectivity index (χ2v) is 4.16. The summed E-state index contributed by atoms with van der Waals surface area (Å²) >= 11 is 6.03. The van der Waals surface area contributed by atoms with Crippen molar-refractivity contribution in [2.45, 2.75) is 0 Å². The van der Waals surface area contributed by atoms with Gasteiger partial charge in [0.25, 0.3) is 5.56 Å². The van der Waals surface area contributed by atoms with Crippen molar-refractivity contribution in [1.29, 1.82) is 0 Å². The summed E-state index contributed by atoms with van der Waals surface area (Å²) in [6.07, 6.45) is 0. The van der Waals surface area contributed by atoms with Crippen molar-refractivity contribution < 1.29 is 0 Å². The average Bonchev–Trinajstić information content (AvgIpc) is 2.69. The second-order valence-electron chi connectivity index (χ2n) is 3.75. The predicted molar refractivity (Wildman–Crippen MR) is 68.9 cm³/mol. The Hall–Kier alpha value is -2.00. The Morgan fingerprint density at radius 3 is 2.47 bits per heavy atom. The first kappa shape index (κ1) is 10.2. The van der Waals surface area contributed by atoms with E-state index in [2.05, 4.69) is 5.10 Å². The Bertz CT molecular complexity index is 728. The van der Waals surface area contributed by atoms with Crippen LogP contribution in [0.1, 0.15) is 0 Å². The van der Waals surface area contributed by atoms with Crippen LogP contribution in [0.5, 0.6) is 0 Å². The summed E-state index contributed by atoms with van der Waals surface area (Å²) in [5.41, 5.74) is 1.41. The third kappa shape index (κ3) is 1.56. The van der Waals surface area contributed by atoms with Crippen LogP contribution < -0.4 is 5.56 Å². The molecule has 1 aromatic heterocycles. The molecule has 3 rings (SSSR count). The molecular weight excluding hydrogens is 236 g/mol. The molecule has 0 aliphatic rings. The van der Waals surface area contributed by atoms with Crippen molar-refractivity contribution in [2.75, 3.05) is 0 Å².